The van der Waals surface area contributed by atoms with Crippen LogP contribution in [0, 0.1) is 0 Å². The highest BCUT2D eigenvalue weighted by Crippen LogP contribution is 2.11. The molecule has 0 aliphatic heterocycles. The number of amides is 1. The van der Waals surface area contributed by atoms with Crippen LogP contribution in [-0.2, 0) is 27.2 Å². The van der Waals surface area contributed by atoms with Crippen LogP contribution >= 0.6 is 27.5 Å². The topological polar surface area (TPSA) is 55.4 Å². The number of carbonyl (C=O) groups is 2. The second-order valence-corrected chi connectivity index (χ2v) is 6.54. The van der Waals surface area contributed by atoms with Gasteiger partial charge < -0.3 is 10.1 Å². The minimum absolute atomic E-state index is 0.144. The Morgan fingerprint density at radius 3 is 2.29 bits per heavy atom. The average molecular weight is 411 g/mol. The van der Waals surface area contributed by atoms with Gasteiger partial charge in [-0.2, -0.15) is 0 Å². The Morgan fingerprint density at radius 2 is 1.62 bits per heavy atom. The van der Waals surface area contributed by atoms with Gasteiger partial charge in [0.2, 0.25) is 0 Å². The number of nitrogens with one attached hydrogen (secondary N) is 1. The summed E-state index contributed by atoms with van der Waals surface area (Å²) in [5.41, 5.74) is 1.92. The molecule has 0 bridgehead atoms. The van der Waals surface area contributed by atoms with E-state index < -0.39 is 5.97 Å². The van der Waals surface area contributed by atoms with Crippen molar-refractivity contribution in [2.24, 2.45) is 0 Å². The predicted octanol–water partition coefficient (Wildman–Crippen LogP) is 3.55. The summed E-state index contributed by atoms with van der Waals surface area (Å²) in [6.45, 7) is 0.209. The van der Waals surface area contributed by atoms with Gasteiger partial charge in [-0.1, -0.05) is 51.8 Å². The van der Waals surface area contributed by atoms with Crippen LogP contribution in [0.25, 0.3) is 0 Å². The smallest absolute Gasteiger partial charge is 0.310 e. The molecule has 0 spiro atoms. The molecule has 0 saturated carbocycles. The van der Waals surface area contributed by atoms with Gasteiger partial charge in [-0.05, 0) is 41.8 Å². The lowest BCUT2D eigenvalue weighted by Crippen LogP contribution is -2.30. The molecule has 0 atom stereocenters. The molecule has 0 fully saturated rings. The molecule has 4 nitrogen and oxygen atoms in total. The highest BCUT2D eigenvalue weighted by atomic mass is 79.9. The van der Waals surface area contributed by atoms with Crippen LogP contribution in [-0.4, -0.2) is 25.0 Å². The second-order valence-electron chi connectivity index (χ2n) is 5.19. The molecular weight excluding hydrogens is 394 g/mol. The van der Waals surface area contributed by atoms with Crippen molar-refractivity contribution in [2.45, 2.75) is 12.8 Å². The van der Waals surface area contributed by atoms with E-state index in [1.165, 1.54) is 0 Å². The highest BCUT2D eigenvalue weighted by Gasteiger charge is 2.08. The Bertz CT molecular complexity index is 686. The molecule has 0 unspecified atom stereocenters. The van der Waals surface area contributed by atoms with Gasteiger partial charge in [0.15, 0.2) is 6.61 Å². The van der Waals surface area contributed by atoms with Crippen molar-refractivity contribution >= 4 is 39.4 Å². The largest absolute Gasteiger partial charge is 0.455 e. The maximum atomic E-state index is 11.7. The summed E-state index contributed by atoms with van der Waals surface area (Å²) in [7, 11) is 0. The third kappa shape index (κ3) is 6.72. The Balaban J connectivity index is 1.64. The Kier molecular flexibility index (Phi) is 7.28. The number of halogens is 2. The molecule has 6 heteroatoms. The molecule has 0 heterocycles. The first-order chi connectivity index (χ1) is 11.5. The zero-order chi connectivity index (χ0) is 17.4. The Morgan fingerprint density at radius 1 is 1.00 bits per heavy atom. The number of hydrogen-bond donors (Lipinski definition) is 1. The molecule has 1 amide bonds. The average Bonchev–Trinajstić information content (AvgIpc) is 2.57. The normalized spacial score (nSPS) is 10.2. The number of esters is 1. The molecule has 0 aromatic heterocycles. The molecule has 0 aliphatic rings. The van der Waals surface area contributed by atoms with E-state index in [-0.39, 0.29) is 18.9 Å². The molecule has 2 aromatic carbocycles. The van der Waals surface area contributed by atoms with Crippen LogP contribution in [0.15, 0.2) is 53.0 Å². The van der Waals surface area contributed by atoms with Gasteiger partial charge in [0, 0.05) is 16.0 Å². The van der Waals surface area contributed by atoms with Crippen molar-refractivity contribution in [3.05, 3.63) is 69.2 Å². The van der Waals surface area contributed by atoms with Gasteiger partial charge in [-0.15, -0.1) is 0 Å². The van der Waals surface area contributed by atoms with Gasteiger partial charge in [0.25, 0.3) is 5.91 Å². The molecule has 0 radical (unpaired) electrons. The summed E-state index contributed by atoms with van der Waals surface area (Å²) < 4.78 is 5.92. The lowest BCUT2D eigenvalue weighted by atomic mass is 10.1. The van der Waals surface area contributed by atoms with E-state index in [0.717, 1.165) is 15.6 Å². The Labute approximate surface area is 154 Å². The van der Waals surface area contributed by atoms with E-state index in [1.54, 1.807) is 0 Å². The van der Waals surface area contributed by atoms with Gasteiger partial charge in [-0.25, -0.2) is 0 Å². The zero-order valence-corrected chi connectivity index (χ0v) is 15.3. The van der Waals surface area contributed by atoms with Crippen LogP contribution in [0.5, 0.6) is 0 Å². The third-order valence-electron chi connectivity index (χ3n) is 3.28. The summed E-state index contributed by atoms with van der Waals surface area (Å²) in [6, 6.07) is 14.8. The standard InChI is InChI=1S/C18H17BrClNO3/c19-15-5-1-14(2-6-15)11-18(23)24-12-17(22)21-10-9-13-3-7-16(20)8-4-13/h1-8H,9-12H2,(H,21,22). The number of hydrogen-bond acceptors (Lipinski definition) is 3. The van der Waals surface area contributed by atoms with E-state index in [4.69, 9.17) is 16.3 Å². The van der Waals surface area contributed by atoms with E-state index in [1.807, 2.05) is 48.5 Å². The van der Waals surface area contributed by atoms with Crippen molar-refractivity contribution in [2.75, 3.05) is 13.2 Å². The van der Waals surface area contributed by atoms with Crippen molar-refractivity contribution in [1.29, 1.82) is 0 Å². The minimum Gasteiger partial charge on any atom is -0.455 e. The first-order valence-corrected chi connectivity index (χ1v) is 8.61. The molecule has 2 aromatic rings. The molecular formula is C18H17BrClNO3. The van der Waals surface area contributed by atoms with Crippen molar-refractivity contribution in [1.82, 2.24) is 5.32 Å². The van der Waals surface area contributed by atoms with Gasteiger partial charge in [0.1, 0.15) is 0 Å². The fourth-order valence-electron chi connectivity index (χ4n) is 2.01. The van der Waals surface area contributed by atoms with Gasteiger partial charge >= 0.3 is 5.97 Å². The van der Waals surface area contributed by atoms with Crippen LogP contribution in [0.4, 0.5) is 0 Å². The van der Waals surface area contributed by atoms with Crippen molar-refractivity contribution in [3.63, 3.8) is 0 Å². The maximum absolute atomic E-state index is 11.7. The fraction of sp³-hybridized carbons (Fsp3) is 0.222. The summed E-state index contributed by atoms with van der Waals surface area (Å²) in [5.74, 6) is -0.738. The quantitative estimate of drug-likeness (QED) is 0.710. The third-order valence-corrected chi connectivity index (χ3v) is 4.06. The van der Waals surface area contributed by atoms with Gasteiger partial charge in [-0.3, -0.25) is 9.59 Å². The number of ether oxygens (including phenoxy) is 1. The lowest BCUT2D eigenvalue weighted by Gasteiger charge is -2.07. The van der Waals surface area contributed by atoms with Crippen LogP contribution in [0.1, 0.15) is 11.1 Å². The summed E-state index contributed by atoms with van der Waals surface area (Å²) in [4.78, 5) is 23.4. The number of benzene rings is 2. The van der Waals surface area contributed by atoms with Gasteiger partial charge in [0.05, 0.1) is 6.42 Å². The first-order valence-electron chi connectivity index (χ1n) is 7.44. The number of rotatable bonds is 7. The van der Waals surface area contributed by atoms with Crippen molar-refractivity contribution in [3.8, 4) is 0 Å². The Hall–Kier alpha value is -1.85. The lowest BCUT2D eigenvalue weighted by molar-refractivity contribution is -0.147. The predicted molar refractivity (Wildman–Crippen MR) is 97.0 cm³/mol. The van der Waals surface area contributed by atoms with E-state index in [2.05, 4.69) is 21.2 Å². The second kappa shape index (κ2) is 9.45. The van der Waals surface area contributed by atoms with E-state index in [0.29, 0.717) is 18.0 Å². The van der Waals surface area contributed by atoms with Crippen LogP contribution in [0.3, 0.4) is 0 Å². The van der Waals surface area contributed by atoms with Crippen LogP contribution in [0.2, 0.25) is 5.02 Å². The van der Waals surface area contributed by atoms with Crippen molar-refractivity contribution < 1.29 is 14.3 Å². The molecule has 0 saturated heterocycles. The zero-order valence-electron chi connectivity index (χ0n) is 12.9. The summed E-state index contributed by atoms with van der Waals surface area (Å²) >= 11 is 9.14. The highest BCUT2D eigenvalue weighted by molar-refractivity contribution is 9.10. The molecule has 2 rings (SSSR count). The summed E-state index contributed by atoms with van der Waals surface area (Å²) in [5, 5.41) is 3.40. The summed E-state index contributed by atoms with van der Waals surface area (Å²) in [6.07, 6.45) is 0.834. The molecule has 1 N–H and O–H groups in total. The minimum atomic E-state index is -0.426. The monoisotopic (exact) mass is 409 g/mol. The first kappa shape index (κ1) is 18.5. The van der Waals surface area contributed by atoms with Crippen LogP contribution < -0.4 is 5.32 Å². The number of carbonyl (C=O) groups excluding carboxylic acids is 2. The van der Waals surface area contributed by atoms with E-state index >= 15 is 0 Å². The molecule has 24 heavy (non-hydrogen) atoms. The van der Waals surface area contributed by atoms with E-state index in [9.17, 15) is 9.59 Å². The maximum Gasteiger partial charge on any atom is 0.310 e. The molecule has 126 valence electrons. The SMILES string of the molecule is O=C(COC(=O)Cc1ccc(Br)cc1)NCCc1ccc(Cl)cc1. The fourth-order valence-corrected chi connectivity index (χ4v) is 2.40. The molecule has 0 aliphatic carbocycles.